The van der Waals surface area contributed by atoms with Crippen molar-refractivity contribution in [3.05, 3.63) is 0 Å². The van der Waals surface area contributed by atoms with Gasteiger partial charge in [-0.1, -0.05) is 26.2 Å². The van der Waals surface area contributed by atoms with Crippen molar-refractivity contribution >= 4 is 17.9 Å². The van der Waals surface area contributed by atoms with Gasteiger partial charge in [0.2, 0.25) is 0 Å². The molecule has 0 aliphatic heterocycles. The number of unbranched alkanes of at least 4 members (excludes halogenated alkanes) is 2. The summed E-state index contributed by atoms with van der Waals surface area (Å²) < 4.78 is 14.7. The summed E-state index contributed by atoms with van der Waals surface area (Å²) in [6.07, 6.45) is 4.02. The van der Waals surface area contributed by atoms with E-state index in [2.05, 4.69) is 6.92 Å². The molecule has 0 aromatic heterocycles. The van der Waals surface area contributed by atoms with Gasteiger partial charge in [-0.15, -0.1) is 0 Å². The molecule has 0 rings (SSSR count). The molecule has 140 valence electrons. The Morgan fingerprint density at radius 2 is 1.54 bits per heavy atom. The lowest BCUT2D eigenvalue weighted by Crippen LogP contribution is -2.29. The topological polar surface area (TPSA) is 99.1 Å². The molecule has 0 spiro atoms. The smallest absolute Gasteiger partial charge is 0.305 e. The van der Waals surface area contributed by atoms with Crippen molar-refractivity contribution in [2.75, 3.05) is 13.2 Å². The Hall–Kier alpha value is -1.63. The van der Waals surface area contributed by atoms with E-state index in [-0.39, 0.29) is 25.7 Å². The summed E-state index contributed by atoms with van der Waals surface area (Å²) in [5.41, 5.74) is 0. The Balaban J connectivity index is 3.93. The fourth-order valence-electron chi connectivity index (χ4n) is 2.08. The van der Waals surface area contributed by atoms with E-state index in [0.29, 0.717) is 12.8 Å². The van der Waals surface area contributed by atoms with E-state index in [1.807, 2.05) is 0 Å². The van der Waals surface area contributed by atoms with E-state index in [0.717, 1.165) is 25.7 Å². The molecule has 0 amide bonds. The number of hydrogen-bond acceptors (Lipinski definition) is 7. The van der Waals surface area contributed by atoms with Gasteiger partial charge >= 0.3 is 17.9 Å². The minimum absolute atomic E-state index is 0.154. The number of esters is 3. The van der Waals surface area contributed by atoms with Crippen molar-refractivity contribution in [2.24, 2.45) is 0 Å². The van der Waals surface area contributed by atoms with Crippen LogP contribution in [0, 0.1) is 0 Å². The monoisotopic (exact) mass is 346 g/mol. The van der Waals surface area contributed by atoms with Crippen molar-refractivity contribution < 1.29 is 33.7 Å². The summed E-state index contributed by atoms with van der Waals surface area (Å²) in [7, 11) is 0. The quantitative estimate of drug-likeness (QED) is 0.310. The third kappa shape index (κ3) is 14.0. The van der Waals surface area contributed by atoms with Crippen molar-refractivity contribution in [3.63, 3.8) is 0 Å². The number of carbonyl (C=O) groups excluding carboxylic acids is 3. The highest BCUT2D eigenvalue weighted by molar-refractivity contribution is 5.69. The standard InChI is InChI=1S/C17H30O7/c1-4-5-6-8-15(20)9-7-10-17(21)23-12-16(24-14(3)19)11-22-13(2)18/h15-16,20H,4-12H2,1-3H3. The van der Waals surface area contributed by atoms with Crippen LogP contribution in [0.1, 0.15) is 65.7 Å². The van der Waals surface area contributed by atoms with Crippen LogP contribution in [-0.4, -0.2) is 48.4 Å². The van der Waals surface area contributed by atoms with Crippen molar-refractivity contribution in [1.29, 1.82) is 0 Å². The third-order valence-corrected chi connectivity index (χ3v) is 3.29. The average Bonchev–Trinajstić information content (AvgIpc) is 2.49. The van der Waals surface area contributed by atoms with Gasteiger partial charge in [0.05, 0.1) is 6.10 Å². The van der Waals surface area contributed by atoms with Crippen LogP contribution in [0.4, 0.5) is 0 Å². The number of hydrogen-bond donors (Lipinski definition) is 1. The molecule has 2 unspecified atom stereocenters. The van der Waals surface area contributed by atoms with Gasteiger partial charge in [-0.05, 0) is 19.3 Å². The molecule has 7 heteroatoms. The fraction of sp³-hybridized carbons (Fsp3) is 0.824. The van der Waals surface area contributed by atoms with Gasteiger partial charge in [-0.3, -0.25) is 14.4 Å². The lowest BCUT2D eigenvalue weighted by atomic mass is 10.1. The van der Waals surface area contributed by atoms with Crippen LogP contribution in [0.3, 0.4) is 0 Å². The van der Waals surface area contributed by atoms with Gasteiger partial charge in [0, 0.05) is 20.3 Å². The Morgan fingerprint density at radius 3 is 2.12 bits per heavy atom. The van der Waals surface area contributed by atoms with Crippen LogP contribution in [0.15, 0.2) is 0 Å². The molecule has 0 fully saturated rings. The summed E-state index contributed by atoms with van der Waals surface area (Å²) in [6, 6.07) is 0. The molecular weight excluding hydrogens is 316 g/mol. The molecule has 0 aliphatic carbocycles. The number of ether oxygens (including phenoxy) is 3. The molecule has 0 aliphatic rings. The molecule has 0 aromatic rings. The second-order valence-electron chi connectivity index (χ2n) is 5.76. The number of aliphatic hydroxyl groups is 1. The minimum Gasteiger partial charge on any atom is -0.462 e. The van der Waals surface area contributed by atoms with E-state index in [4.69, 9.17) is 14.2 Å². The van der Waals surface area contributed by atoms with Crippen molar-refractivity contribution in [2.45, 2.75) is 77.9 Å². The van der Waals surface area contributed by atoms with Gasteiger partial charge in [0.15, 0.2) is 6.10 Å². The molecule has 7 nitrogen and oxygen atoms in total. The highest BCUT2D eigenvalue weighted by Gasteiger charge is 2.17. The van der Waals surface area contributed by atoms with Gasteiger partial charge in [0.1, 0.15) is 13.2 Å². The molecule has 0 saturated carbocycles. The number of aliphatic hydroxyl groups excluding tert-OH is 1. The summed E-state index contributed by atoms with van der Waals surface area (Å²) in [5, 5.41) is 9.77. The fourth-order valence-corrected chi connectivity index (χ4v) is 2.08. The van der Waals surface area contributed by atoms with Crippen LogP contribution >= 0.6 is 0 Å². The largest absolute Gasteiger partial charge is 0.462 e. The molecule has 0 bridgehead atoms. The summed E-state index contributed by atoms with van der Waals surface area (Å²) >= 11 is 0. The van der Waals surface area contributed by atoms with Crippen molar-refractivity contribution in [1.82, 2.24) is 0 Å². The minimum atomic E-state index is -0.810. The maximum atomic E-state index is 11.7. The normalized spacial score (nSPS) is 13.0. The highest BCUT2D eigenvalue weighted by Crippen LogP contribution is 2.10. The molecule has 0 aromatic carbocycles. The Labute approximate surface area is 143 Å². The number of carbonyl (C=O) groups is 3. The highest BCUT2D eigenvalue weighted by atomic mass is 16.6. The first-order valence-electron chi connectivity index (χ1n) is 8.49. The first-order valence-corrected chi connectivity index (χ1v) is 8.49. The van der Waals surface area contributed by atoms with E-state index in [1.54, 1.807) is 0 Å². The van der Waals surface area contributed by atoms with Gasteiger partial charge in [-0.25, -0.2) is 0 Å². The first kappa shape index (κ1) is 22.4. The maximum absolute atomic E-state index is 11.7. The zero-order valence-electron chi connectivity index (χ0n) is 14.9. The average molecular weight is 346 g/mol. The molecule has 24 heavy (non-hydrogen) atoms. The van der Waals surface area contributed by atoms with E-state index < -0.39 is 24.0 Å². The zero-order chi connectivity index (χ0) is 18.4. The number of rotatable bonds is 13. The van der Waals surface area contributed by atoms with Crippen LogP contribution < -0.4 is 0 Å². The molecule has 0 saturated heterocycles. The summed E-state index contributed by atoms with van der Waals surface area (Å²) in [6.45, 7) is 4.25. The van der Waals surface area contributed by atoms with E-state index in [9.17, 15) is 19.5 Å². The van der Waals surface area contributed by atoms with Gasteiger partial charge in [-0.2, -0.15) is 0 Å². The molecule has 1 N–H and O–H groups in total. The lowest BCUT2D eigenvalue weighted by Gasteiger charge is -2.16. The third-order valence-electron chi connectivity index (χ3n) is 3.29. The molecule has 0 radical (unpaired) electrons. The summed E-state index contributed by atoms with van der Waals surface area (Å²) in [5.74, 6) is -1.48. The van der Waals surface area contributed by atoms with E-state index >= 15 is 0 Å². The van der Waals surface area contributed by atoms with Crippen LogP contribution in [0.2, 0.25) is 0 Å². The van der Waals surface area contributed by atoms with Gasteiger partial charge < -0.3 is 19.3 Å². The Bertz CT molecular complexity index is 381. The van der Waals surface area contributed by atoms with Crippen LogP contribution in [0.25, 0.3) is 0 Å². The SMILES string of the molecule is CCCCCC(O)CCCC(=O)OCC(COC(C)=O)OC(C)=O. The zero-order valence-corrected chi connectivity index (χ0v) is 14.9. The summed E-state index contributed by atoms with van der Waals surface area (Å²) in [4.78, 5) is 33.4. The van der Waals surface area contributed by atoms with Gasteiger partial charge in [0.25, 0.3) is 0 Å². The maximum Gasteiger partial charge on any atom is 0.305 e. The van der Waals surface area contributed by atoms with Crippen LogP contribution in [0.5, 0.6) is 0 Å². The van der Waals surface area contributed by atoms with E-state index in [1.165, 1.54) is 13.8 Å². The first-order chi connectivity index (χ1) is 11.3. The predicted octanol–water partition coefficient (Wildman–Crippen LogP) is 2.14. The lowest BCUT2D eigenvalue weighted by molar-refractivity contribution is -0.164. The van der Waals surface area contributed by atoms with Crippen molar-refractivity contribution in [3.8, 4) is 0 Å². The molecule has 2 atom stereocenters. The molecular formula is C17H30O7. The second kappa shape index (κ2) is 13.8. The second-order valence-corrected chi connectivity index (χ2v) is 5.76. The Kier molecular flexibility index (Phi) is 12.8. The molecule has 0 heterocycles. The predicted molar refractivity (Wildman–Crippen MR) is 87.1 cm³/mol. The Morgan fingerprint density at radius 1 is 0.917 bits per heavy atom. The van der Waals surface area contributed by atoms with Crippen LogP contribution in [-0.2, 0) is 28.6 Å².